The van der Waals surface area contributed by atoms with E-state index >= 15 is 0 Å². The third kappa shape index (κ3) is 4.69. The van der Waals surface area contributed by atoms with Crippen molar-refractivity contribution in [3.05, 3.63) is 29.7 Å². The van der Waals surface area contributed by atoms with E-state index in [4.69, 9.17) is 9.52 Å². The molecule has 9 nitrogen and oxygen atoms in total. The third-order valence-corrected chi connectivity index (χ3v) is 4.17. The maximum Gasteiger partial charge on any atom is 0.326 e. The van der Waals surface area contributed by atoms with Gasteiger partial charge in [-0.25, -0.2) is 13.2 Å². The van der Waals surface area contributed by atoms with Crippen molar-refractivity contribution < 1.29 is 27.5 Å². The van der Waals surface area contributed by atoms with Crippen LogP contribution < -0.4 is 5.32 Å². The van der Waals surface area contributed by atoms with E-state index in [1.54, 1.807) is 19.1 Å². The maximum absolute atomic E-state index is 12.1. The molecule has 1 atom stereocenters. The predicted molar refractivity (Wildman–Crippen MR) is 84.2 cm³/mol. The SMILES string of the molecule is Cc1ccc(-c2cc(C(=O)N[C@@H](CCS(C)(=O)=O)C(=O)O)n[nH]2)o1. The van der Waals surface area contributed by atoms with Crippen molar-refractivity contribution >= 4 is 21.7 Å². The predicted octanol–water partition coefficient (Wildman–Crippen LogP) is 0.596. The summed E-state index contributed by atoms with van der Waals surface area (Å²) in [6, 6.07) is 3.56. The molecule has 3 N–H and O–H groups in total. The second-order valence-electron chi connectivity index (χ2n) is 5.36. The Hall–Kier alpha value is -2.62. The number of furan rings is 1. The Morgan fingerprint density at radius 1 is 1.42 bits per heavy atom. The maximum atomic E-state index is 12.1. The van der Waals surface area contributed by atoms with Crippen LogP contribution in [0, 0.1) is 6.92 Å². The Morgan fingerprint density at radius 3 is 2.67 bits per heavy atom. The van der Waals surface area contributed by atoms with Gasteiger partial charge in [-0.3, -0.25) is 9.89 Å². The zero-order chi connectivity index (χ0) is 17.9. The number of carboxylic acids is 1. The summed E-state index contributed by atoms with van der Waals surface area (Å²) < 4.78 is 27.7. The molecule has 1 amide bonds. The summed E-state index contributed by atoms with van der Waals surface area (Å²) in [5.74, 6) is -1.20. The lowest BCUT2D eigenvalue weighted by Gasteiger charge is -2.12. The fourth-order valence-electron chi connectivity index (χ4n) is 1.97. The van der Waals surface area contributed by atoms with Gasteiger partial charge in [0, 0.05) is 12.3 Å². The van der Waals surface area contributed by atoms with Gasteiger partial charge >= 0.3 is 5.97 Å². The number of hydrogen-bond donors (Lipinski definition) is 3. The first-order chi connectivity index (χ1) is 11.2. The normalized spacial score (nSPS) is 12.8. The molecule has 0 aliphatic carbocycles. The number of H-pyrrole nitrogens is 1. The molecule has 0 fully saturated rings. The van der Waals surface area contributed by atoms with Crippen LogP contribution in [0.15, 0.2) is 22.6 Å². The first-order valence-electron chi connectivity index (χ1n) is 6.99. The molecule has 0 saturated carbocycles. The number of hydrogen-bond acceptors (Lipinski definition) is 6. The van der Waals surface area contributed by atoms with E-state index in [2.05, 4.69) is 15.5 Å². The quantitative estimate of drug-likeness (QED) is 0.660. The zero-order valence-electron chi connectivity index (χ0n) is 13.1. The lowest BCUT2D eigenvalue weighted by atomic mass is 10.2. The number of amides is 1. The number of carbonyl (C=O) groups excluding carboxylic acids is 1. The van der Waals surface area contributed by atoms with E-state index < -0.39 is 27.8 Å². The van der Waals surface area contributed by atoms with Crippen LogP contribution in [0.5, 0.6) is 0 Å². The first-order valence-corrected chi connectivity index (χ1v) is 9.05. The van der Waals surface area contributed by atoms with Crippen LogP contribution >= 0.6 is 0 Å². The molecule has 0 aliphatic rings. The molecule has 24 heavy (non-hydrogen) atoms. The van der Waals surface area contributed by atoms with E-state index in [9.17, 15) is 18.0 Å². The van der Waals surface area contributed by atoms with Gasteiger partial charge in [0.2, 0.25) is 0 Å². The Bertz CT molecular complexity index is 851. The average molecular weight is 355 g/mol. The minimum absolute atomic E-state index is 0.0235. The molecular formula is C14H17N3O6S. The number of carbonyl (C=O) groups is 2. The van der Waals surface area contributed by atoms with Gasteiger partial charge in [-0.05, 0) is 25.5 Å². The molecule has 0 radical (unpaired) electrons. The number of aliphatic carboxylic acids is 1. The summed E-state index contributed by atoms with van der Waals surface area (Å²) in [5.41, 5.74) is 0.445. The first kappa shape index (κ1) is 17.7. The van der Waals surface area contributed by atoms with Crippen molar-refractivity contribution in [3.63, 3.8) is 0 Å². The lowest BCUT2D eigenvalue weighted by Crippen LogP contribution is -2.42. The van der Waals surface area contributed by atoms with Crippen molar-refractivity contribution in [1.82, 2.24) is 15.5 Å². The van der Waals surface area contributed by atoms with E-state index in [1.807, 2.05) is 0 Å². The summed E-state index contributed by atoms with van der Waals surface area (Å²) in [6.45, 7) is 1.77. The Labute approximate surface area is 138 Å². The standard InChI is InChI=1S/C14H17N3O6S/c1-8-3-4-12(23-8)10-7-11(17-16-10)13(18)15-9(14(19)20)5-6-24(2,21)22/h3-4,7,9H,5-6H2,1-2H3,(H,15,18)(H,16,17)(H,19,20)/t9-/m0/s1. The van der Waals surface area contributed by atoms with Crippen molar-refractivity contribution in [2.24, 2.45) is 0 Å². The average Bonchev–Trinajstić information content (AvgIpc) is 3.10. The molecule has 2 heterocycles. The van der Waals surface area contributed by atoms with Gasteiger partial charge in [-0.2, -0.15) is 5.10 Å². The van der Waals surface area contributed by atoms with E-state index in [0.717, 1.165) is 6.26 Å². The molecule has 0 unspecified atom stereocenters. The number of sulfone groups is 1. The highest BCUT2D eigenvalue weighted by Crippen LogP contribution is 2.20. The highest BCUT2D eigenvalue weighted by atomic mass is 32.2. The van der Waals surface area contributed by atoms with Crippen LogP contribution in [-0.4, -0.2) is 53.6 Å². The highest BCUT2D eigenvalue weighted by Gasteiger charge is 2.23. The fourth-order valence-corrected chi connectivity index (χ4v) is 2.63. The monoisotopic (exact) mass is 355 g/mol. The molecule has 0 aliphatic heterocycles. The summed E-state index contributed by atoms with van der Waals surface area (Å²) in [6.07, 6.45) is 0.771. The number of aryl methyl sites for hydroxylation is 1. The van der Waals surface area contributed by atoms with Crippen molar-refractivity contribution in [3.8, 4) is 11.5 Å². The van der Waals surface area contributed by atoms with Gasteiger partial charge in [-0.15, -0.1) is 0 Å². The van der Waals surface area contributed by atoms with Gasteiger partial charge < -0.3 is 14.8 Å². The Balaban J connectivity index is 2.07. The molecule has 0 saturated heterocycles. The zero-order valence-corrected chi connectivity index (χ0v) is 13.9. The van der Waals surface area contributed by atoms with E-state index in [1.165, 1.54) is 6.07 Å². The van der Waals surface area contributed by atoms with Gasteiger partial charge in [0.1, 0.15) is 27.3 Å². The van der Waals surface area contributed by atoms with Crippen molar-refractivity contribution in [2.75, 3.05) is 12.0 Å². The third-order valence-electron chi connectivity index (χ3n) is 3.20. The van der Waals surface area contributed by atoms with Crippen LogP contribution in [0.2, 0.25) is 0 Å². The molecule has 0 spiro atoms. The molecule has 10 heteroatoms. The second kappa shape index (κ2) is 6.87. The second-order valence-corrected chi connectivity index (χ2v) is 7.62. The number of aromatic amines is 1. The smallest absolute Gasteiger partial charge is 0.326 e. The number of rotatable bonds is 7. The molecule has 2 aromatic rings. The minimum atomic E-state index is -3.33. The number of nitrogens with zero attached hydrogens (tertiary/aromatic N) is 1. The van der Waals surface area contributed by atoms with Crippen LogP contribution in [0.1, 0.15) is 22.7 Å². The summed E-state index contributed by atoms with van der Waals surface area (Å²) >= 11 is 0. The van der Waals surface area contributed by atoms with Gasteiger partial charge in [0.25, 0.3) is 5.91 Å². The van der Waals surface area contributed by atoms with Gasteiger partial charge in [0.15, 0.2) is 11.5 Å². The van der Waals surface area contributed by atoms with Crippen LogP contribution in [0.3, 0.4) is 0 Å². The number of nitrogens with one attached hydrogen (secondary N) is 2. The number of carboxylic acid groups (broad SMARTS) is 1. The Morgan fingerprint density at radius 2 is 2.12 bits per heavy atom. The molecule has 0 bridgehead atoms. The Kier molecular flexibility index (Phi) is 5.07. The molecule has 0 aromatic carbocycles. The largest absolute Gasteiger partial charge is 0.480 e. The summed E-state index contributed by atoms with van der Waals surface area (Å²) in [7, 11) is -3.33. The summed E-state index contributed by atoms with van der Waals surface area (Å²) in [4.78, 5) is 23.3. The fraction of sp³-hybridized carbons (Fsp3) is 0.357. The van der Waals surface area contributed by atoms with E-state index in [-0.39, 0.29) is 17.9 Å². The number of aromatic nitrogens is 2. The topological polar surface area (TPSA) is 142 Å². The minimum Gasteiger partial charge on any atom is -0.480 e. The van der Waals surface area contributed by atoms with Gasteiger partial charge in [-0.1, -0.05) is 0 Å². The van der Waals surface area contributed by atoms with Crippen molar-refractivity contribution in [1.29, 1.82) is 0 Å². The van der Waals surface area contributed by atoms with Crippen LogP contribution in [0.4, 0.5) is 0 Å². The molecule has 2 aromatic heterocycles. The molecule has 2 rings (SSSR count). The molecular weight excluding hydrogens is 338 g/mol. The van der Waals surface area contributed by atoms with Crippen LogP contribution in [0.25, 0.3) is 11.5 Å². The lowest BCUT2D eigenvalue weighted by molar-refractivity contribution is -0.139. The van der Waals surface area contributed by atoms with Gasteiger partial charge in [0.05, 0.1) is 5.75 Å². The highest BCUT2D eigenvalue weighted by molar-refractivity contribution is 7.90. The van der Waals surface area contributed by atoms with Crippen LogP contribution in [-0.2, 0) is 14.6 Å². The molecule has 130 valence electrons. The van der Waals surface area contributed by atoms with E-state index in [0.29, 0.717) is 17.2 Å². The van der Waals surface area contributed by atoms with Crippen molar-refractivity contribution in [2.45, 2.75) is 19.4 Å². The summed E-state index contributed by atoms with van der Waals surface area (Å²) in [5, 5.41) is 17.8.